The molecule has 2 aromatic carbocycles. The Morgan fingerprint density at radius 3 is 2.73 bits per heavy atom. The summed E-state index contributed by atoms with van der Waals surface area (Å²) < 4.78 is 34.3. The van der Waals surface area contributed by atoms with E-state index in [0.29, 0.717) is 11.3 Å². The van der Waals surface area contributed by atoms with Gasteiger partial charge in [-0.2, -0.15) is 13.9 Å². The molecule has 3 aromatic rings. The van der Waals surface area contributed by atoms with E-state index >= 15 is 0 Å². The number of amides is 1. The lowest BCUT2D eigenvalue weighted by Gasteiger charge is -2.17. The number of carbonyl (C=O) groups excluding carboxylic acids is 1. The van der Waals surface area contributed by atoms with Crippen molar-refractivity contribution in [2.75, 3.05) is 14.2 Å². The monoisotopic (exact) mass is 361 g/mol. The lowest BCUT2D eigenvalue weighted by molar-refractivity contribution is -0.0512. The number of methoxy groups -OCH3 is 1. The number of para-hydroxylation sites is 1. The molecule has 1 aromatic heterocycles. The summed E-state index contributed by atoms with van der Waals surface area (Å²) in [5, 5.41) is 7.66. The Labute approximate surface area is 148 Å². The zero-order valence-electron chi connectivity index (χ0n) is 14.2. The molecule has 0 unspecified atom stereocenters. The van der Waals surface area contributed by atoms with Crippen LogP contribution in [-0.2, 0) is 6.54 Å². The molecule has 0 atom stereocenters. The maximum Gasteiger partial charge on any atom is 0.387 e. The number of fused-ring (bicyclic) bond motifs is 1. The Balaban J connectivity index is 1.79. The summed E-state index contributed by atoms with van der Waals surface area (Å²) in [6, 6.07) is 11.9. The van der Waals surface area contributed by atoms with Gasteiger partial charge in [-0.25, -0.2) is 0 Å². The van der Waals surface area contributed by atoms with Crippen LogP contribution in [0.5, 0.6) is 11.5 Å². The molecule has 0 saturated carbocycles. The van der Waals surface area contributed by atoms with Crippen LogP contribution in [0.3, 0.4) is 0 Å². The number of aromatic amines is 1. The Morgan fingerprint density at radius 2 is 2.00 bits per heavy atom. The molecule has 0 aliphatic heterocycles. The molecule has 1 amide bonds. The molecule has 0 radical (unpaired) electrons. The Morgan fingerprint density at radius 1 is 1.23 bits per heavy atom. The first kappa shape index (κ1) is 17.7. The van der Waals surface area contributed by atoms with Crippen LogP contribution in [0.25, 0.3) is 10.9 Å². The number of alkyl halides is 2. The Bertz CT molecular complexity index is 927. The van der Waals surface area contributed by atoms with Crippen LogP contribution >= 0.6 is 0 Å². The summed E-state index contributed by atoms with van der Waals surface area (Å²) in [7, 11) is 3.00. The van der Waals surface area contributed by atoms with Crippen molar-refractivity contribution >= 4 is 16.8 Å². The van der Waals surface area contributed by atoms with Gasteiger partial charge in [0.25, 0.3) is 5.91 Å². The molecule has 136 valence electrons. The number of nitrogens with one attached hydrogen (secondary N) is 1. The average Bonchev–Trinajstić information content (AvgIpc) is 3.06. The molecule has 0 fully saturated rings. The molecular weight excluding hydrogens is 344 g/mol. The fourth-order valence-electron chi connectivity index (χ4n) is 2.66. The summed E-state index contributed by atoms with van der Waals surface area (Å²) in [5.41, 5.74) is 1.81. The van der Waals surface area contributed by atoms with E-state index in [4.69, 9.17) is 4.74 Å². The van der Waals surface area contributed by atoms with E-state index in [9.17, 15) is 13.6 Å². The quantitative estimate of drug-likeness (QED) is 0.730. The molecule has 8 heteroatoms. The molecule has 0 saturated heterocycles. The zero-order valence-corrected chi connectivity index (χ0v) is 14.2. The smallest absolute Gasteiger partial charge is 0.387 e. The van der Waals surface area contributed by atoms with Crippen LogP contribution in [0.1, 0.15) is 16.1 Å². The van der Waals surface area contributed by atoms with E-state index in [0.717, 1.165) is 10.9 Å². The highest BCUT2D eigenvalue weighted by molar-refractivity contribution is 6.04. The van der Waals surface area contributed by atoms with E-state index in [1.165, 1.54) is 18.1 Å². The molecule has 0 spiro atoms. The highest BCUT2D eigenvalue weighted by atomic mass is 19.3. The van der Waals surface area contributed by atoms with Crippen molar-refractivity contribution in [3.63, 3.8) is 0 Å². The summed E-state index contributed by atoms with van der Waals surface area (Å²) in [6.45, 7) is -2.68. The minimum absolute atomic E-state index is 0.0569. The number of aromatic nitrogens is 2. The minimum atomic E-state index is -2.94. The second-order valence-corrected chi connectivity index (χ2v) is 5.64. The lowest BCUT2D eigenvalue weighted by atomic mass is 10.1. The number of carbonyl (C=O) groups is 1. The van der Waals surface area contributed by atoms with Gasteiger partial charge in [0, 0.05) is 19.0 Å². The van der Waals surface area contributed by atoms with Crippen molar-refractivity contribution in [1.29, 1.82) is 0 Å². The van der Waals surface area contributed by atoms with Gasteiger partial charge in [0.2, 0.25) is 0 Å². The van der Waals surface area contributed by atoms with E-state index in [2.05, 4.69) is 14.9 Å². The van der Waals surface area contributed by atoms with E-state index in [-0.39, 0.29) is 24.0 Å². The van der Waals surface area contributed by atoms with Gasteiger partial charge in [-0.05, 0) is 23.8 Å². The van der Waals surface area contributed by atoms with Crippen molar-refractivity contribution < 1.29 is 23.0 Å². The molecule has 6 nitrogen and oxygen atoms in total. The Kier molecular flexibility index (Phi) is 5.01. The predicted molar refractivity (Wildman–Crippen MR) is 91.5 cm³/mol. The third-order valence-corrected chi connectivity index (χ3v) is 3.88. The van der Waals surface area contributed by atoms with Crippen molar-refractivity contribution in [3.8, 4) is 11.5 Å². The molecule has 1 N–H and O–H groups in total. The minimum Gasteiger partial charge on any atom is -0.493 e. The highest BCUT2D eigenvalue weighted by Gasteiger charge is 2.19. The molecule has 26 heavy (non-hydrogen) atoms. The summed E-state index contributed by atoms with van der Waals surface area (Å²) in [5.74, 6) is -0.137. The Hall–Kier alpha value is -3.16. The maximum atomic E-state index is 12.7. The first-order chi connectivity index (χ1) is 12.5. The molecule has 3 rings (SSSR count). The SMILES string of the molecule is COc1cc(CN(C)C(=O)c2n[nH]c3ccccc23)ccc1OC(F)F. The average molecular weight is 361 g/mol. The topological polar surface area (TPSA) is 67.5 Å². The van der Waals surface area contributed by atoms with Crippen molar-refractivity contribution in [1.82, 2.24) is 15.1 Å². The van der Waals surface area contributed by atoms with E-state index in [1.807, 2.05) is 24.3 Å². The van der Waals surface area contributed by atoms with Crippen LogP contribution in [0.2, 0.25) is 0 Å². The van der Waals surface area contributed by atoms with E-state index < -0.39 is 6.61 Å². The lowest BCUT2D eigenvalue weighted by Crippen LogP contribution is -2.26. The van der Waals surface area contributed by atoms with Crippen LogP contribution < -0.4 is 9.47 Å². The molecule has 0 aliphatic rings. The van der Waals surface area contributed by atoms with E-state index in [1.54, 1.807) is 19.2 Å². The van der Waals surface area contributed by atoms with Crippen molar-refractivity contribution in [3.05, 3.63) is 53.7 Å². The highest BCUT2D eigenvalue weighted by Crippen LogP contribution is 2.30. The van der Waals surface area contributed by atoms with Gasteiger partial charge in [0.15, 0.2) is 17.2 Å². The first-order valence-electron chi connectivity index (χ1n) is 7.80. The van der Waals surface area contributed by atoms with Gasteiger partial charge >= 0.3 is 6.61 Å². The molecular formula is C18H17F2N3O3. The second-order valence-electron chi connectivity index (χ2n) is 5.64. The summed E-state index contributed by atoms with van der Waals surface area (Å²) in [6.07, 6.45) is 0. The fraction of sp³-hybridized carbons (Fsp3) is 0.222. The fourth-order valence-corrected chi connectivity index (χ4v) is 2.66. The first-order valence-corrected chi connectivity index (χ1v) is 7.80. The molecule has 0 bridgehead atoms. The second kappa shape index (κ2) is 7.38. The third kappa shape index (κ3) is 3.58. The predicted octanol–water partition coefficient (Wildman–Crippen LogP) is 3.45. The van der Waals surface area contributed by atoms with Crippen LogP contribution in [-0.4, -0.2) is 41.8 Å². The standard InChI is InChI=1S/C18H17F2N3O3/c1-23(17(24)16-12-5-3-4-6-13(12)21-22-16)10-11-7-8-14(26-18(19)20)15(9-11)25-2/h3-9,18H,10H2,1-2H3,(H,21,22). The normalized spacial score (nSPS) is 11.0. The van der Waals surface area contributed by atoms with Gasteiger partial charge in [-0.1, -0.05) is 24.3 Å². The van der Waals surface area contributed by atoms with Crippen LogP contribution in [0.4, 0.5) is 8.78 Å². The van der Waals surface area contributed by atoms with Gasteiger partial charge < -0.3 is 14.4 Å². The summed E-state index contributed by atoms with van der Waals surface area (Å²) in [4.78, 5) is 14.2. The largest absolute Gasteiger partial charge is 0.493 e. The molecule has 1 heterocycles. The number of H-pyrrole nitrogens is 1. The van der Waals surface area contributed by atoms with Gasteiger partial charge in [-0.3, -0.25) is 9.89 Å². The summed E-state index contributed by atoms with van der Waals surface area (Å²) >= 11 is 0. The number of hydrogen-bond donors (Lipinski definition) is 1. The van der Waals surface area contributed by atoms with Gasteiger partial charge in [0.1, 0.15) is 0 Å². The number of nitrogens with zero attached hydrogens (tertiary/aromatic N) is 2. The maximum absolute atomic E-state index is 12.7. The number of ether oxygens (including phenoxy) is 2. The zero-order chi connectivity index (χ0) is 18.7. The van der Waals surface area contributed by atoms with Crippen LogP contribution in [0.15, 0.2) is 42.5 Å². The number of benzene rings is 2. The van der Waals surface area contributed by atoms with Gasteiger partial charge in [-0.15, -0.1) is 0 Å². The van der Waals surface area contributed by atoms with Crippen molar-refractivity contribution in [2.24, 2.45) is 0 Å². The number of hydrogen-bond acceptors (Lipinski definition) is 4. The third-order valence-electron chi connectivity index (χ3n) is 3.88. The number of rotatable bonds is 6. The van der Waals surface area contributed by atoms with Gasteiger partial charge in [0.05, 0.1) is 12.6 Å². The molecule has 0 aliphatic carbocycles. The van der Waals surface area contributed by atoms with Crippen molar-refractivity contribution in [2.45, 2.75) is 13.2 Å². The van der Waals surface area contributed by atoms with Crippen LogP contribution in [0, 0.1) is 0 Å². The number of halogens is 2.